The first-order valence-electron chi connectivity index (χ1n) is 11.4. The molecule has 1 heterocycles. The maximum absolute atomic E-state index is 9.23. The summed E-state index contributed by atoms with van der Waals surface area (Å²) < 4.78 is 5.43. The van der Waals surface area contributed by atoms with Crippen molar-refractivity contribution in [1.82, 2.24) is 5.16 Å². The van der Waals surface area contributed by atoms with E-state index < -0.39 is 0 Å². The van der Waals surface area contributed by atoms with Crippen LogP contribution in [0.25, 0.3) is 11.1 Å². The minimum Gasteiger partial charge on any atom is -0.396 e. The SMILES string of the molecule is Cc1ccc(-c2c(C)noc2C)cc1N(CCCCCO)C1(c2ccc(C#N)cc2)CC1. The Morgan fingerprint density at radius 2 is 1.81 bits per heavy atom. The number of nitrogens with zero attached hydrogens (tertiary/aromatic N) is 3. The fourth-order valence-corrected chi connectivity index (χ4v) is 4.76. The number of nitriles is 1. The molecule has 1 aliphatic rings. The molecule has 2 aromatic carbocycles. The van der Waals surface area contributed by atoms with Crippen molar-refractivity contribution in [3.8, 4) is 17.2 Å². The van der Waals surface area contributed by atoms with Gasteiger partial charge in [0.25, 0.3) is 0 Å². The van der Waals surface area contributed by atoms with Crippen LogP contribution in [0.1, 0.15) is 60.2 Å². The van der Waals surface area contributed by atoms with E-state index in [1.54, 1.807) is 0 Å². The molecule has 3 aromatic rings. The van der Waals surface area contributed by atoms with Crippen molar-refractivity contribution in [2.45, 2.75) is 58.4 Å². The highest BCUT2D eigenvalue weighted by molar-refractivity contribution is 5.74. The number of aliphatic hydroxyl groups is 1. The number of rotatable bonds is 9. The molecule has 0 radical (unpaired) electrons. The second-order valence-corrected chi connectivity index (χ2v) is 8.86. The highest BCUT2D eigenvalue weighted by atomic mass is 16.5. The lowest BCUT2D eigenvalue weighted by molar-refractivity contribution is 0.283. The van der Waals surface area contributed by atoms with Crippen molar-refractivity contribution in [1.29, 1.82) is 5.26 Å². The van der Waals surface area contributed by atoms with E-state index in [2.05, 4.69) is 53.4 Å². The average Bonchev–Trinajstić information content (AvgIpc) is 3.54. The fraction of sp³-hybridized carbons (Fsp3) is 0.407. The summed E-state index contributed by atoms with van der Waals surface area (Å²) in [7, 11) is 0. The number of anilines is 1. The maximum Gasteiger partial charge on any atom is 0.141 e. The van der Waals surface area contributed by atoms with Gasteiger partial charge < -0.3 is 14.5 Å². The Labute approximate surface area is 190 Å². The van der Waals surface area contributed by atoms with E-state index in [4.69, 9.17) is 4.52 Å². The predicted octanol–water partition coefficient (Wildman–Crippen LogP) is 5.80. The zero-order valence-electron chi connectivity index (χ0n) is 19.2. The third-order valence-corrected chi connectivity index (χ3v) is 6.65. The number of aliphatic hydroxyl groups excluding tert-OH is 1. The summed E-state index contributed by atoms with van der Waals surface area (Å²) in [5, 5.41) is 22.6. The lowest BCUT2D eigenvalue weighted by atomic mass is 9.96. The summed E-state index contributed by atoms with van der Waals surface area (Å²) in [4.78, 5) is 2.56. The molecule has 1 aromatic heterocycles. The Balaban J connectivity index is 1.75. The summed E-state index contributed by atoms with van der Waals surface area (Å²) in [6, 6.07) is 16.9. The molecule has 1 N–H and O–H groups in total. The summed E-state index contributed by atoms with van der Waals surface area (Å²) in [6.45, 7) is 7.27. The number of aryl methyl sites for hydroxylation is 3. The third kappa shape index (κ3) is 4.16. The largest absolute Gasteiger partial charge is 0.396 e. The van der Waals surface area contributed by atoms with E-state index in [1.165, 1.54) is 16.8 Å². The second-order valence-electron chi connectivity index (χ2n) is 8.86. The predicted molar refractivity (Wildman–Crippen MR) is 127 cm³/mol. The van der Waals surface area contributed by atoms with Crippen LogP contribution in [0.3, 0.4) is 0 Å². The molecule has 166 valence electrons. The van der Waals surface area contributed by atoms with Gasteiger partial charge in [0.05, 0.1) is 22.9 Å². The Morgan fingerprint density at radius 3 is 2.41 bits per heavy atom. The molecule has 0 unspecified atom stereocenters. The molecule has 0 amide bonds. The first-order chi connectivity index (χ1) is 15.5. The van der Waals surface area contributed by atoms with Gasteiger partial charge in [0, 0.05) is 24.4 Å². The smallest absolute Gasteiger partial charge is 0.141 e. The summed E-state index contributed by atoms with van der Waals surface area (Å²) in [5.41, 5.74) is 7.47. The monoisotopic (exact) mass is 429 g/mol. The average molecular weight is 430 g/mol. The number of hydrogen-bond acceptors (Lipinski definition) is 5. The third-order valence-electron chi connectivity index (χ3n) is 6.65. The van der Waals surface area contributed by atoms with Gasteiger partial charge in [0.1, 0.15) is 5.76 Å². The van der Waals surface area contributed by atoms with Gasteiger partial charge in [-0.1, -0.05) is 29.4 Å². The Hall–Kier alpha value is -3.10. The van der Waals surface area contributed by atoms with Crippen molar-refractivity contribution in [3.05, 3.63) is 70.6 Å². The molecule has 0 aliphatic heterocycles. The Bertz CT molecular complexity index is 1100. The van der Waals surface area contributed by atoms with Gasteiger partial charge in [0.2, 0.25) is 0 Å². The van der Waals surface area contributed by atoms with E-state index in [1.807, 2.05) is 26.0 Å². The molecule has 5 heteroatoms. The van der Waals surface area contributed by atoms with Crippen LogP contribution in [-0.4, -0.2) is 23.4 Å². The van der Waals surface area contributed by atoms with Crippen LogP contribution >= 0.6 is 0 Å². The second kappa shape index (κ2) is 9.18. The van der Waals surface area contributed by atoms with Crippen LogP contribution < -0.4 is 4.90 Å². The number of unbranched alkanes of at least 4 members (excludes halogenated alkanes) is 2. The van der Waals surface area contributed by atoms with E-state index >= 15 is 0 Å². The molecule has 1 saturated carbocycles. The molecule has 1 aliphatic carbocycles. The zero-order valence-corrected chi connectivity index (χ0v) is 19.2. The van der Waals surface area contributed by atoms with Crippen LogP contribution in [-0.2, 0) is 5.54 Å². The van der Waals surface area contributed by atoms with Crippen LogP contribution in [0.2, 0.25) is 0 Å². The van der Waals surface area contributed by atoms with Gasteiger partial charge in [-0.25, -0.2) is 0 Å². The van der Waals surface area contributed by atoms with Crippen molar-refractivity contribution >= 4 is 5.69 Å². The van der Waals surface area contributed by atoms with Gasteiger partial charge in [0.15, 0.2) is 0 Å². The lowest BCUT2D eigenvalue weighted by Crippen LogP contribution is -2.37. The molecular weight excluding hydrogens is 398 g/mol. The van der Waals surface area contributed by atoms with Crippen molar-refractivity contribution in [2.24, 2.45) is 0 Å². The summed E-state index contributed by atoms with van der Waals surface area (Å²) in [6.07, 6.45) is 5.03. The van der Waals surface area contributed by atoms with Gasteiger partial charge in [-0.3, -0.25) is 0 Å². The van der Waals surface area contributed by atoms with E-state index in [0.717, 1.165) is 61.2 Å². The van der Waals surface area contributed by atoms with Crippen molar-refractivity contribution in [2.75, 3.05) is 18.1 Å². The molecule has 0 atom stereocenters. The molecule has 32 heavy (non-hydrogen) atoms. The summed E-state index contributed by atoms with van der Waals surface area (Å²) >= 11 is 0. The molecule has 1 fully saturated rings. The van der Waals surface area contributed by atoms with Gasteiger partial charge in [-0.15, -0.1) is 0 Å². The molecule has 5 nitrogen and oxygen atoms in total. The fourth-order valence-electron chi connectivity index (χ4n) is 4.76. The van der Waals surface area contributed by atoms with Gasteiger partial charge in [-0.2, -0.15) is 5.26 Å². The molecule has 0 saturated heterocycles. The van der Waals surface area contributed by atoms with E-state index in [9.17, 15) is 10.4 Å². The van der Waals surface area contributed by atoms with Crippen LogP contribution in [0, 0.1) is 32.1 Å². The van der Waals surface area contributed by atoms with Crippen LogP contribution in [0.15, 0.2) is 47.0 Å². The van der Waals surface area contributed by atoms with E-state index in [-0.39, 0.29) is 12.1 Å². The quantitative estimate of drug-likeness (QED) is 0.435. The van der Waals surface area contributed by atoms with Crippen molar-refractivity contribution < 1.29 is 9.63 Å². The van der Waals surface area contributed by atoms with Gasteiger partial charge >= 0.3 is 0 Å². The topological polar surface area (TPSA) is 73.3 Å². The van der Waals surface area contributed by atoms with Crippen LogP contribution in [0.5, 0.6) is 0 Å². The van der Waals surface area contributed by atoms with E-state index in [0.29, 0.717) is 5.56 Å². The van der Waals surface area contributed by atoms with Crippen molar-refractivity contribution in [3.63, 3.8) is 0 Å². The minimum absolute atomic E-state index is 0.0463. The Morgan fingerprint density at radius 1 is 1.06 bits per heavy atom. The minimum atomic E-state index is -0.0463. The summed E-state index contributed by atoms with van der Waals surface area (Å²) in [5.74, 6) is 0.833. The highest BCUT2D eigenvalue weighted by Gasteiger charge is 2.49. The normalized spacial score (nSPS) is 14.2. The Kier molecular flexibility index (Phi) is 6.34. The standard InChI is InChI=1S/C27H31N3O2/c1-19-7-10-23(26-20(2)29-32-21(26)3)17-25(19)30(15-5-4-6-16-31)27(13-14-27)24-11-8-22(18-28)9-12-24/h7-12,17,31H,4-6,13-16H2,1-3H3. The first-order valence-corrected chi connectivity index (χ1v) is 11.4. The number of aromatic nitrogens is 1. The molecule has 4 rings (SSSR count). The highest BCUT2D eigenvalue weighted by Crippen LogP contribution is 2.53. The number of hydrogen-bond donors (Lipinski definition) is 1. The first kappa shape index (κ1) is 22.1. The lowest BCUT2D eigenvalue weighted by Gasteiger charge is -2.36. The zero-order chi connectivity index (χ0) is 22.7. The molecular formula is C27H31N3O2. The maximum atomic E-state index is 9.23. The molecule has 0 spiro atoms. The molecule has 0 bridgehead atoms. The number of benzene rings is 2. The van der Waals surface area contributed by atoms with Gasteiger partial charge in [-0.05, 0) is 87.8 Å². The van der Waals surface area contributed by atoms with Crippen LogP contribution in [0.4, 0.5) is 5.69 Å².